The van der Waals surface area contributed by atoms with Crippen molar-refractivity contribution in [1.82, 2.24) is 4.90 Å². The van der Waals surface area contributed by atoms with Crippen LogP contribution in [0.2, 0.25) is 10.0 Å². The van der Waals surface area contributed by atoms with Crippen LogP contribution in [0.1, 0.15) is 11.1 Å². The Morgan fingerprint density at radius 3 is 2.42 bits per heavy atom. The van der Waals surface area contributed by atoms with E-state index in [1.165, 1.54) is 4.90 Å². The fraction of sp³-hybridized carbons (Fsp3) is 0.120. The normalized spacial score (nSPS) is 14.7. The second kappa shape index (κ2) is 10.8. The number of hydrogen-bond donors (Lipinski definition) is 0. The van der Waals surface area contributed by atoms with Gasteiger partial charge in [0, 0.05) is 10.6 Å². The van der Waals surface area contributed by atoms with Crippen molar-refractivity contribution in [3.05, 3.63) is 98.9 Å². The highest BCUT2D eigenvalue weighted by molar-refractivity contribution is 8.18. The second-order valence-corrected chi connectivity index (χ2v) is 8.87. The van der Waals surface area contributed by atoms with Crippen LogP contribution < -0.4 is 9.47 Å². The van der Waals surface area contributed by atoms with E-state index < -0.39 is 0 Å². The molecule has 0 N–H and O–H groups in total. The maximum atomic E-state index is 12.8. The van der Waals surface area contributed by atoms with Crippen LogP contribution in [0.3, 0.4) is 0 Å². The molecule has 2 amide bonds. The molecule has 0 bridgehead atoms. The van der Waals surface area contributed by atoms with E-state index in [1.807, 2.05) is 48.5 Å². The first-order valence-corrected chi connectivity index (χ1v) is 11.7. The molecule has 0 radical (unpaired) electrons. The molecule has 0 aliphatic carbocycles. The predicted molar refractivity (Wildman–Crippen MR) is 132 cm³/mol. The maximum Gasteiger partial charge on any atom is 0.293 e. The van der Waals surface area contributed by atoms with Crippen molar-refractivity contribution < 1.29 is 19.1 Å². The SMILES string of the molecule is O=C1S/C(=C\c2cccc(OCc3ccccc3Cl)c2)C(=O)N1CCOc1ccccc1Cl. The van der Waals surface area contributed by atoms with Crippen LogP contribution in [0, 0.1) is 0 Å². The van der Waals surface area contributed by atoms with Gasteiger partial charge < -0.3 is 9.47 Å². The van der Waals surface area contributed by atoms with Gasteiger partial charge in [0.15, 0.2) is 0 Å². The number of ether oxygens (including phenoxy) is 2. The molecule has 5 nitrogen and oxygen atoms in total. The fourth-order valence-corrected chi connectivity index (χ4v) is 4.37. The molecule has 8 heteroatoms. The zero-order valence-corrected chi connectivity index (χ0v) is 19.7. The molecule has 1 aliphatic rings. The molecular weight excluding hydrogens is 481 g/mol. The zero-order chi connectivity index (χ0) is 23.2. The number of carbonyl (C=O) groups excluding carboxylic acids is 2. The maximum absolute atomic E-state index is 12.8. The van der Waals surface area contributed by atoms with E-state index in [1.54, 1.807) is 30.3 Å². The number of hydrogen-bond acceptors (Lipinski definition) is 5. The Morgan fingerprint density at radius 1 is 0.879 bits per heavy atom. The van der Waals surface area contributed by atoms with Crippen molar-refractivity contribution >= 4 is 52.2 Å². The first-order chi connectivity index (χ1) is 16.0. The van der Waals surface area contributed by atoms with Crippen molar-refractivity contribution in [2.24, 2.45) is 0 Å². The Morgan fingerprint density at radius 2 is 1.64 bits per heavy atom. The number of nitrogens with zero attached hydrogens (tertiary/aromatic N) is 1. The predicted octanol–water partition coefficient (Wildman–Crippen LogP) is 6.69. The summed E-state index contributed by atoms with van der Waals surface area (Å²) in [7, 11) is 0. The first kappa shape index (κ1) is 23.2. The van der Waals surface area contributed by atoms with Gasteiger partial charge in [-0.05, 0) is 53.7 Å². The quantitative estimate of drug-likeness (QED) is 0.323. The van der Waals surface area contributed by atoms with Gasteiger partial charge in [-0.2, -0.15) is 0 Å². The van der Waals surface area contributed by atoms with Crippen LogP contribution in [0.15, 0.2) is 77.7 Å². The zero-order valence-electron chi connectivity index (χ0n) is 17.4. The molecule has 0 unspecified atom stereocenters. The Hall–Kier alpha value is -2.93. The highest BCUT2D eigenvalue weighted by Gasteiger charge is 2.34. The minimum Gasteiger partial charge on any atom is -0.490 e. The molecular formula is C25H19Cl2NO4S. The average molecular weight is 500 g/mol. The van der Waals surface area contributed by atoms with Crippen LogP contribution in [0.25, 0.3) is 6.08 Å². The lowest BCUT2D eigenvalue weighted by Crippen LogP contribution is -2.32. The fourth-order valence-electron chi connectivity index (χ4n) is 3.12. The van der Waals surface area contributed by atoms with Crippen molar-refractivity contribution in [1.29, 1.82) is 0 Å². The number of benzene rings is 3. The Labute approximate surface area is 205 Å². The van der Waals surface area contributed by atoms with Crippen molar-refractivity contribution in [2.75, 3.05) is 13.2 Å². The summed E-state index contributed by atoms with van der Waals surface area (Å²) in [5.74, 6) is 0.793. The highest BCUT2D eigenvalue weighted by Crippen LogP contribution is 2.33. The minimum atomic E-state index is -0.352. The van der Waals surface area contributed by atoms with Gasteiger partial charge >= 0.3 is 0 Å². The summed E-state index contributed by atoms with van der Waals surface area (Å²) in [6, 6.07) is 21.8. The summed E-state index contributed by atoms with van der Waals surface area (Å²) >= 11 is 13.1. The molecule has 33 heavy (non-hydrogen) atoms. The summed E-state index contributed by atoms with van der Waals surface area (Å²) in [5.41, 5.74) is 1.63. The van der Waals surface area contributed by atoms with E-state index in [0.29, 0.717) is 33.1 Å². The van der Waals surface area contributed by atoms with Gasteiger partial charge in [0.1, 0.15) is 24.7 Å². The number of thioether (sulfide) groups is 1. The highest BCUT2D eigenvalue weighted by atomic mass is 35.5. The van der Waals surface area contributed by atoms with Gasteiger partial charge in [0.25, 0.3) is 11.1 Å². The van der Waals surface area contributed by atoms with Gasteiger partial charge in [-0.1, -0.05) is 65.7 Å². The van der Waals surface area contributed by atoms with Gasteiger partial charge in [-0.25, -0.2) is 0 Å². The standard InChI is InChI=1S/C25H19Cl2NO4S/c26-20-9-2-1-7-18(20)16-32-19-8-5-6-17(14-19)15-23-24(29)28(25(30)33-23)12-13-31-22-11-4-3-10-21(22)27/h1-11,14-15H,12-13,16H2/b23-15-. The Kier molecular flexibility index (Phi) is 7.60. The summed E-state index contributed by atoms with van der Waals surface area (Å²) in [6.45, 7) is 0.611. The molecule has 1 heterocycles. The minimum absolute atomic E-state index is 0.133. The molecule has 1 saturated heterocycles. The summed E-state index contributed by atoms with van der Waals surface area (Å²) < 4.78 is 11.4. The topological polar surface area (TPSA) is 55.8 Å². The second-order valence-electron chi connectivity index (χ2n) is 7.06. The molecule has 0 atom stereocenters. The van der Waals surface area contributed by atoms with E-state index >= 15 is 0 Å². The van der Waals surface area contributed by atoms with E-state index in [9.17, 15) is 9.59 Å². The number of rotatable bonds is 8. The van der Waals surface area contributed by atoms with Gasteiger partial charge in [-0.15, -0.1) is 0 Å². The number of carbonyl (C=O) groups is 2. The van der Waals surface area contributed by atoms with Crippen LogP contribution in [-0.2, 0) is 11.4 Å². The molecule has 3 aromatic rings. The largest absolute Gasteiger partial charge is 0.490 e. The number of amides is 2. The van der Waals surface area contributed by atoms with Gasteiger partial charge in [0.05, 0.1) is 16.5 Å². The summed E-state index contributed by atoms with van der Waals surface area (Å²) in [4.78, 5) is 26.6. The van der Waals surface area contributed by atoms with Gasteiger partial charge in [0.2, 0.25) is 0 Å². The third kappa shape index (κ3) is 5.90. The van der Waals surface area contributed by atoms with Crippen LogP contribution in [0.4, 0.5) is 4.79 Å². The Balaban J connectivity index is 1.38. The van der Waals surface area contributed by atoms with Crippen LogP contribution >= 0.6 is 35.0 Å². The molecule has 1 fully saturated rings. The van der Waals surface area contributed by atoms with E-state index in [4.69, 9.17) is 32.7 Å². The number of halogens is 2. The lowest BCUT2D eigenvalue weighted by atomic mass is 10.2. The lowest BCUT2D eigenvalue weighted by Gasteiger charge is -2.13. The summed E-state index contributed by atoms with van der Waals surface area (Å²) in [6.07, 6.45) is 1.68. The lowest BCUT2D eigenvalue weighted by molar-refractivity contribution is -0.123. The monoisotopic (exact) mass is 499 g/mol. The number of para-hydroxylation sites is 1. The molecule has 0 aromatic heterocycles. The molecule has 0 saturated carbocycles. The molecule has 0 spiro atoms. The summed E-state index contributed by atoms with van der Waals surface area (Å²) in [5, 5.41) is 0.782. The smallest absolute Gasteiger partial charge is 0.293 e. The van der Waals surface area contributed by atoms with E-state index in [-0.39, 0.29) is 24.3 Å². The molecule has 168 valence electrons. The molecule has 4 rings (SSSR count). The van der Waals surface area contributed by atoms with Crippen molar-refractivity contribution in [3.63, 3.8) is 0 Å². The first-order valence-electron chi connectivity index (χ1n) is 10.1. The molecule has 3 aromatic carbocycles. The Bertz CT molecular complexity index is 1210. The molecule has 1 aliphatic heterocycles. The number of imide groups is 1. The third-order valence-corrected chi connectivity index (χ3v) is 6.38. The van der Waals surface area contributed by atoms with E-state index in [0.717, 1.165) is 22.9 Å². The van der Waals surface area contributed by atoms with Crippen molar-refractivity contribution in [2.45, 2.75) is 6.61 Å². The van der Waals surface area contributed by atoms with Crippen molar-refractivity contribution in [3.8, 4) is 11.5 Å². The van der Waals surface area contributed by atoms with E-state index in [2.05, 4.69) is 0 Å². The van der Waals surface area contributed by atoms with Gasteiger partial charge in [-0.3, -0.25) is 14.5 Å². The van der Waals surface area contributed by atoms with Crippen LogP contribution in [-0.4, -0.2) is 29.2 Å². The average Bonchev–Trinajstić information content (AvgIpc) is 3.07. The van der Waals surface area contributed by atoms with Crippen LogP contribution in [0.5, 0.6) is 11.5 Å². The third-order valence-electron chi connectivity index (χ3n) is 4.79.